The van der Waals surface area contributed by atoms with E-state index in [9.17, 15) is 13.2 Å². The molecule has 0 aliphatic carbocycles. The molecule has 0 saturated carbocycles. The number of rotatable bonds is 5. The highest BCUT2D eigenvalue weighted by atomic mass is 35.5. The van der Waals surface area contributed by atoms with Crippen molar-refractivity contribution >= 4 is 33.2 Å². The molecule has 2 aromatic carbocycles. The van der Waals surface area contributed by atoms with Crippen LogP contribution < -0.4 is 10.2 Å². The number of halogens is 1. The Kier molecular flexibility index (Phi) is 6.16. The number of nitrogens with zero attached hydrogens (tertiary/aromatic N) is 1. The molecule has 27 heavy (non-hydrogen) atoms. The van der Waals surface area contributed by atoms with Gasteiger partial charge in [0.05, 0.1) is 31.2 Å². The van der Waals surface area contributed by atoms with Gasteiger partial charge in [0.2, 0.25) is 10.0 Å². The minimum atomic E-state index is -3.62. The normalized spacial score (nSPS) is 17.4. The van der Waals surface area contributed by atoms with E-state index < -0.39 is 10.0 Å². The van der Waals surface area contributed by atoms with Gasteiger partial charge in [0.15, 0.2) is 6.04 Å². The second-order valence-corrected chi connectivity index (χ2v) is 8.88. The van der Waals surface area contributed by atoms with Gasteiger partial charge in [-0.1, -0.05) is 41.9 Å². The monoisotopic (exact) mass is 408 g/mol. The number of nitrogens with one attached hydrogen (secondary N) is 2. The van der Waals surface area contributed by atoms with Crippen molar-refractivity contribution in [3.05, 3.63) is 59.6 Å². The smallest absolute Gasteiger partial charge is 0.282 e. The zero-order chi connectivity index (χ0) is 19.4. The summed E-state index contributed by atoms with van der Waals surface area (Å²) >= 11 is 6.06. The Morgan fingerprint density at radius 2 is 1.67 bits per heavy atom. The molecular weight excluding hydrogens is 386 g/mol. The zero-order valence-corrected chi connectivity index (χ0v) is 16.6. The second-order valence-electron chi connectivity index (χ2n) is 6.57. The molecule has 0 unspecified atom stereocenters. The van der Waals surface area contributed by atoms with Crippen molar-refractivity contribution in [1.29, 1.82) is 0 Å². The quantitative estimate of drug-likeness (QED) is 0.782. The maximum atomic E-state index is 12.8. The summed E-state index contributed by atoms with van der Waals surface area (Å²) in [6, 6.07) is 15.5. The van der Waals surface area contributed by atoms with Gasteiger partial charge < -0.3 is 10.2 Å². The van der Waals surface area contributed by atoms with E-state index in [0.717, 1.165) is 10.6 Å². The summed E-state index contributed by atoms with van der Waals surface area (Å²) in [7, 11) is -3.62. The van der Waals surface area contributed by atoms with Crippen LogP contribution in [-0.2, 0) is 14.8 Å². The molecule has 6 nitrogen and oxygen atoms in total. The fourth-order valence-corrected chi connectivity index (χ4v) is 5.13. The molecule has 1 fully saturated rings. The minimum absolute atomic E-state index is 0.0707. The Balaban J connectivity index is 1.61. The fraction of sp³-hybridized carbons (Fsp3) is 0.316. The van der Waals surface area contributed by atoms with E-state index in [1.807, 2.05) is 37.3 Å². The Morgan fingerprint density at radius 3 is 2.30 bits per heavy atom. The lowest BCUT2D eigenvalue weighted by Crippen LogP contribution is -3.19. The van der Waals surface area contributed by atoms with E-state index in [1.165, 1.54) is 10.4 Å². The van der Waals surface area contributed by atoms with E-state index in [2.05, 4.69) is 5.32 Å². The standard InChI is InChI=1S/C19H22ClN3O3S/c1-15(19(24)21-16-7-3-2-4-8-16)22-11-13-23(14-12-22)27(25,26)18-10-6-5-9-17(18)20/h2-10,15H,11-14H2,1H3,(H,21,24)/p+1/t15-/m0/s1. The zero-order valence-electron chi connectivity index (χ0n) is 15.1. The average Bonchev–Trinajstić information content (AvgIpc) is 2.68. The Morgan fingerprint density at radius 1 is 1.07 bits per heavy atom. The number of carbonyl (C=O) groups excluding carboxylic acids is 1. The Bertz CT molecular complexity index is 897. The number of quaternary nitrogens is 1. The lowest BCUT2D eigenvalue weighted by molar-refractivity contribution is -0.917. The highest BCUT2D eigenvalue weighted by Crippen LogP contribution is 2.24. The molecule has 2 aromatic rings. The molecule has 0 aromatic heterocycles. The maximum absolute atomic E-state index is 12.8. The lowest BCUT2D eigenvalue weighted by Gasteiger charge is -2.34. The topological polar surface area (TPSA) is 70.9 Å². The molecular formula is C19H23ClN3O3S+. The SMILES string of the molecule is C[C@@H](C(=O)Nc1ccccc1)[NH+]1CCN(S(=O)(=O)c2ccccc2Cl)CC1. The number of amides is 1. The first-order valence-corrected chi connectivity index (χ1v) is 10.7. The fourth-order valence-electron chi connectivity index (χ4n) is 3.20. The summed E-state index contributed by atoms with van der Waals surface area (Å²) in [5.74, 6) is -0.0707. The van der Waals surface area contributed by atoms with Crippen LogP contribution in [0.3, 0.4) is 0 Å². The van der Waals surface area contributed by atoms with Crippen molar-refractivity contribution in [3.8, 4) is 0 Å². The van der Waals surface area contributed by atoms with Gasteiger partial charge in [-0.05, 0) is 31.2 Å². The van der Waals surface area contributed by atoms with Gasteiger partial charge in [-0.2, -0.15) is 4.31 Å². The predicted molar refractivity (Wildman–Crippen MR) is 105 cm³/mol. The van der Waals surface area contributed by atoms with Crippen molar-refractivity contribution in [2.45, 2.75) is 17.9 Å². The molecule has 0 radical (unpaired) electrons. The molecule has 8 heteroatoms. The van der Waals surface area contributed by atoms with Crippen LogP contribution in [0, 0.1) is 0 Å². The highest BCUT2D eigenvalue weighted by molar-refractivity contribution is 7.89. The second kappa shape index (κ2) is 8.39. The van der Waals surface area contributed by atoms with E-state index >= 15 is 0 Å². The number of benzene rings is 2. The minimum Gasteiger partial charge on any atom is -0.323 e. The van der Waals surface area contributed by atoms with Gasteiger partial charge in [0.1, 0.15) is 4.90 Å². The van der Waals surface area contributed by atoms with Crippen LogP contribution in [0.15, 0.2) is 59.5 Å². The maximum Gasteiger partial charge on any atom is 0.282 e. The van der Waals surface area contributed by atoms with Crippen LogP contribution in [-0.4, -0.2) is 50.9 Å². The number of hydrogen-bond acceptors (Lipinski definition) is 3. The van der Waals surface area contributed by atoms with Crippen LogP contribution >= 0.6 is 11.6 Å². The van der Waals surface area contributed by atoms with E-state index in [-0.39, 0.29) is 21.9 Å². The lowest BCUT2D eigenvalue weighted by atomic mass is 10.2. The molecule has 0 bridgehead atoms. The molecule has 0 spiro atoms. The molecule has 1 aliphatic rings. The molecule has 1 amide bonds. The highest BCUT2D eigenvalue weighted by Gasteiger charge is 2.35. The number of sulfonamides is 1. The third-order valence-electron chi connectivity index (χ3n) is 4.87. The number of carbonyl (C=O) groups is 1. The molecule has 1 saturated heterocycles. The summed E-state index contributed by atoms with van der Waals surface area (Å²) in [5, 5.41) is 3.13. The van der Waals surface area contributed by atoms with E-state index in [0.29, 0.717) is 26.2 Å². The Labute approximate surface area is 164 Å². The van der Waals surface area contributed by atoms with Crippen molar-refractivity contribution in [1.82, 2.24) is 4.31 Å². The predicted octanol–water partition coefficient (Wildman–Crippen LogP) is 1.26. The summed E-state index contributed by atoms with van der Waals surface area (Å²) < 4.78 is 27.1. The van der Waals surface area contributed by atoms with Crippen molar-refractivity contribution in [2.24, 2.45) is 0 Å². The van der Waals surface area contributed by atoms with Gasteiger partial charge in [-0.3, -0.25) is 4.79 Å². The van der Waals surface area contributed by atoms with Gasteiger partial charge >= 0.3 is 0 Å². The summed E-state index contributed by atoms with van der Waals surface area (Å²) in [6.07, 6.45) is 0. The molecule has 2 N–H and O–H groups in total. The van der Waals surface area contributed by atoms with E-state index in [1.54, 1.807) is 18.2 Å². The van der Waals surface area contributed by atoms with Gasteiger partial charge in [-0.15, -0.1) is 0 Å². The van der Waals surface area contributed by atoms with Gasteiger partial charge in [-0.25, -0.2) is 8.42 Å². The number of anilines is 1. The number of para-hydroxylation sites is 1. The van der Waals surface area contributed by atoms with Gasteiger partial charge in [0.25, 0.3) is 5.91 Å². The number of hydrogen-bond donors (Lipinski definition) is 2. The third kappa shape index (κ3) is 4.50. The molecule has 144 valence electrons. The van der Waals surface area contributed by atoms with E-state index in [4.69, 9.17) is 11.6 Å². The largest absolute Gasteiger partial charge is 0.323 e. The van der Waals surface area contributed by atoms with Crippen LogP contribution in [0.1, 0.15) is 6.92 Å². The van der Waals surface area contributed by atoms with Crippen LogP contribution in [0.5, 0.6) is 0 Å². The van der Waals surface area contributed by atoms with Crippen molar-refractivity contribution in [3.63, 3.8) is 0 Å². The first kappa shape index (κ1) is 19.8. The van der Waals surface area contributed by atoms with Crippen molar-refractivity contribution < 1.29 is 18.1 Å². The van der Waals surface area contributed by atoms with Gasteiger partial charge in [0, 0.05) is 5.69 Å². The molecule has 3 rings (SSSR count). The first-order valence-electron chi connectivity index (χ1n) is 8.85. The van der Waals surface area contributed by atoms with Crippen LogP contribution in [0.4, 0.5) is 5.69 Å². The molecule has 1 heterocycles. The summed E-state index contributed by atoms with van der Waals surface area (Å²) in [6.45, 7) is 3.70. The van der Waals surface area contributed by atoms with Crippen LogP contribution in [0.25, 0.3) is 0 Å². The number of piperazine rings is 1. The molecule has 1 atom stereocenters. The first-order chi connectivity index (χ1) is 12.9. The summed E-state index contributed by atoms with van der Waals surface area (Å²) in [4.78, 5) is 13.7. The average molecular weight is 409 g/mol. The Hall–Kier alpha value is -1.93. The van der Waals surface area contributed by atoms with Crippen molar-refractivity contribution in [2.75, 3.05) is 31.5 Å². The van der Waals surface area contributed by atoms with Crippen LogP contribution in [0.2, 0.25) is 5.02 Å². The third-order valence-corrected chi connectivity index (χ3v) is 7.26. The summed E-state index contributed by atoms with van der Waals surface area (Å²) in [5.41, 5.74) is 0.758. The molecule has 1 aliphatic heterocycles.